The molecule has 168 valence electrons. The SMILES string of the molecule is COCCNC(=O)CNC(=O)c1oc2c(c1C)-c1nn(Cc3ccc(Cl)cc3)cc1CC2. The topological polar surface area (TPSA) is 98.4 Å². The fraction of sp³-hybridized carbons (Fsp3) is 0.348. The zero-order valence-electron chi connectivity index (χ0n) is 18.0. The Morgan fingerprint density at radius 3 is 2.75 bits per heavy atom. The summed E-state index contributed by atoms with van der Waals surface area (Å²) < 4.78 is 12.7. The molecule has 0 radical (unpaired) electrons. The van der Waals surface area contributed by atoms with Crippen LogP contribution in [0.1, 0.15) is 33.0 Å². The third-order valence-corrected chi connectivity index (χ3v) is 5.67. The Morgan fingerprint density at radius 1 is 1.22 bits per heavy atom. The molecule has 2 amide bonds. The van der Waals surface area contributed by atoms with Gasteiger partial charge in [0.05, 0.1) is 25.4 Å². The molecule has 8 nitrogen and oxygen atoms in total. The van der Waals surface area contributed by atoms with Crippen molar-refractivity contribution < 1.29 is 18.7 Å². The number of carbonyl (C=O) groups excluding carboxylic acids is 2. The lowest BCUT2D eigenvalue weighted by atomic mass is 9.93. The van der Waals surface area contributed by atoms with Crippen molar-refractivity contribution in [2.24, 2.45) is 0 Å². The zero-order valence-corrected chi connectivity index (χ0v) is 18.8. The molecule has 0 saturated heterocycles. The second-order valence-corrected chi connectivity index (χ2v) is 8.14. The lowest BCUT2D eigenvalue weighted by molar-refractivity contribution is -0.120. The third-order valence-electron chi connectivity index (χ3n) is 5.42. The maximum Gasteiger partial charge on any atom is 0.287 e. The molecule has 1 aliphatic rings. The number of rotatable bonds is 8. The molecule has 0 atom stereocenters. The van der Waals surface area contributed by atoms with E-state index in [0.29, 0.717) is 31.1 Å². The molecule has 1 aliphatic carbocycles. The molecule has 4 rings (SSSR count). The Bertz CT molecular complexity index is 1130. The van der Waals surface area contributed by atoms with Gasteiger partial charge in [-0.2, -0.15) is 5.10 Å². The van der Waals surface area contributed by atoms with Crippen LogP contribution in [0.25, 0.3) is 11.3 Å². The predicted molar refractivity (Wildman–Crippen MR) is 120 cm³/mol. The van der Waals surface area contributed by atoms with E-state index in [2.05, 4.69) is 10.6 Å². The number of ether oxygens (including phenoxy) is 1. The molecule has 3 aromatic rings. The van der Waals surface area contributed by atoms with Crippen molar-refractivity contribution >= 4 is 23.4 Å². The molecule has 2 heterocycles. The summed E-state index contributed by atoms with van der Waals surface area (Å²) in [6, 6.07) is 7.68. The molecule has 2 aromatic heterocycles. The normalized spacial score (nSPS) is 12.2. The lowest BCUT2D eigenvalue weighted by Crippen LogP contribution is -2.38. The van der Waals surface area contributed by atoms with Gasteiger partial charge in [-0.05, 0) is 36.6 Å². The number of carbonyl (C=O) groups is 2. The monoisotopic (exact) mass is 456 g/mol. The second kappa shape index (κ2) is 9.58. The maximum absolute atomic E-state index is 12.7. The zero-order chi connectivity index (χ0) is 22.7. The number of aryl methyl sites for hydroxylation is 2. The Hall–Kier alpha value is -3.10. The highest BCUT2D eigenvalue weighted by Crippen LogP contribution is 2.38. The van der Waals surface area contributed by atoms with Gasteiger partial charge in [0.1, 0.15) is 5.76 Å². The van der Waals surface area contributed by atoms with Crippen LogP contribution < -0.4 is 10.6 Å². The molecule has 0 bridgehead atoms. The van der Waals surface area contributed by atoms with Gasteiger partial charge in [-0.25, -0.2) is 0 Å². The third kappa shape index (κ3) is 4.71. The van der Waals surface area contributed by atoms with Crippen molar-refractivity contribution in [3.05, 3.63) is 63.7 Å². The van der Waals surface area contributed by atoms with Gasteiger partial charge in [0.25, 0.3) is 5.91 Å². The quantitative estimate of drug-likeness (QED) is 0.508. The predicted octanol–water partition coefficient (Wildman–Crippen LogP) is 2.74. The average molecular weight is 457 g/mol. The van der Waals surface area contributed by atoms with Crippen LogP contribution in [0.2, 0.25) is 5.02 Å². The summed E-state index contributed by atoms with van der Waals surface area (Å²) in [6.45, 7) is 3.15. The molecular formula is C23H25ClN4O4. The van der Waals surface area contributed by atoms with Crippen molar-refractivity contribution in [3.8, 4) is 11.3 Å². The summed E-state index contributed by atoms with van der Waals surface area (Å²) in [5.41, 5.74) is 4.67. The summed E-state index contributed by atoms with van der Waals surface area (Å²) in [4.78, 5) is 24.5. The van der Waals surface area contributed by atoms with Gasteiger partial charge < -0.3 is 19.8 Å². The Balaban J connectivity index is 1.49. The summed E-state index contributed by atoms with van der Waals surface area (Å²) >= 11 is 5.97. The number of nitrogens with one attached hydrogen (secondary N) is 2. The van der Waals surface area contributed by atoms with E-state index in [4.69, 9.17) is 25.9 Å². The molecule has 0 unspecified atom stereocenters. The molecule has 0 spiro atoms. The van der Waals surface area contributed by atoms with Crippen LogP contribution in [0, 0.1) is 6.92 Å². The highest BCUT2D eigenvalue weighted by Gasteiger charge is 2.29. The summed E-state index contributed by atoms with van der Waals surface area (Å²) in [5, 5.41) is 10.8. The molecule has 32 heavy (non-hydrogen) atoms. The molecular weight excluding hydrogens is 432 g/mol. The van der Waals surface area contributed by atoms with Crippen LogP contribution in [-0.4, -0.2) is 48.4 Å². The minimum Gasteiger partial charge on any atom is -0.455 e. The first-order valence-electron chi connectivity index (χ1n) is 10.4. The van der Waals surface area contributed by atoms with Gasteiger partial charge >= 0.3 is 0 Å². The van der Waals surface area contributed by atoms with E-state index in [9.17, 15) is 9.59 Å². The number of nitrogens with zero attached hydrogens (tertiary/aromatic N) is 2. The highest BCUT2D eigenvalue weighted by atomic mass is 35.5. The largest absolute Gasteiger partial charge is 0.455 e. The average Bonchev–Trinajstić information content (AvgIpc) is 3.34. The van der Waals surface area contributed by atoms with Crippen LogP contribution in [0.5, 0.6) is 0 Å². The molecule has 2 N–H and O–H groups in total. The first-order valence-corrected chi connectivity index (χ1v) is 10.8. The summed E-state index contributed by atoms with van der Waals surface area (Å²) in [7, 11) is 1.56. The minimum atomic E-state index is -0.416. The molecule has 0 saturated carbocycles. The van der Waals surface area contributed by atoms with E-state index in [0.717, 1.165) is 40.1 Å². The number of aromatic nitrogens is 2. The summed E-state index contributed by atoms with van der Waals surface area (Å²) in [5.74, 6) is 0.273. The van der Waals surface area contributed by atoms with Gasteiger partial charge in [0.15, 0.2) is 5.76 Å². The van der Waals surface area contributed by atoms with E-state index in [1.54, 1.807) is 7.11 Å². The number of furan rings is 1. The van der Waals surface area contributed by atoms with Gasteiger partial charge in [-0.1, -0.05) is 23.7 Å². The van der Waals surface area contributed by atoms with Gasteiger partial charge in [-0.15, -0.1) is 0 Å². The molecule has 9 heteroatoms. The van der Waals surface area contributed by atoms with E-state index in [1.807, 2.05) is 42.1 Å². The van der Waals surface area contributed by atoms with Gasteiger partial charge in [0.2, 0.25) is 5.91 Å². The van der Waals surface area contributed by atoms with Gasteiger partial charge in [0, 0.05) is 42.4 Å². The first kappa shape index (κ1) is 22.1. The number of benzene rings is 1. The minimum absolute atomic E-state index is 0.131. The Morgan fingerprint density at radius 2 is 2.00 bits per heavy atom. The van der Waals surface area contributed by atoms with Crippen molar-refractivity contribution in [1.82, 2.24) is 20.4 Å². The molecule has 0 fully saturated rings. The number of methoxy groups -OCH3 is 1. The number of amides is 2. The number of halogens is 1. The van der Waals surface area contributed by atoms with Gasteiger partial charge in [-0.3, -0.25) is 14.3 Å². The lowest BCUT2D eigenvalue weighted by Gasteiger charge is -2.09. The van der Waals surface area contributed by atoms with E-state index < -0.39 is 5.91 Å². The van der Waals surface area contributed by atoms with Crippen molar-refractivity contribution in [2.75, 3.05) is 26.8 Å². The van der Waals surface area contributed by atoms with Crippen LogP contribution >= 0.6 is 11.6 Å². The standard InChI is InChI=1S/C23H25ClN4O4/c1-14-20-18(32-22(14)23(30)26-11-19(29)25-9-10-31-2)8-5-16-13-28(27-21(16)20)12-15-3-6-17(24)7-4-15/h3-4,6-7,13H,5,8-12H2,1-2H3,(H,25,29)(H,26,30). The number of hydrogen-bond donors (Lipinski definition) is 2. The molecule has 0 aliphatic heterocycles. The highest BCUT2D eigenvalue weighted by molar-refractivity contribution is 6.30. The smallest absolute Gasteiger partial charge is 0.287 e. The molecule has 1 aromatic carbocycles. The summed E-state index contributed by atoms with van der Waals surface area (Å²) in [6.07, 6.45) is 3.53. The van der Waals surface area contributed by atoms with Crippen molar-refractivity contribution in [3.63, 3.8) is 0 Å². The van der Waals surface area contributed by atoms with Crippen LogP contribution in [0.4, 0.5) is 0 Å². The van der Waals surface area contributed by atoms with Crippen LogP contribution in [0.3, 0.4) is 0 Å². The van der Waals surface area contributed by atoms with Crippen molar-refractivity contribution in [2.45, 2.75) is 26.3 Å². The van der Waals surface area contributed by atoms with Crippen LogP contribution in [-0.2, 0) is 28.9 Å². The fourth-order valence-electron chi connectivity index (χ4n) is 3.83. The maximum atomic E-state index is 12.7. The van der Waals surface area contributed by atoms with E-state index in [-0.39, 0.29) is 18.2 Å². The number of hydrogen-bond acceptors (Lipinski definition) is 5. The van der Waals surface area contributed by atoms with E-state index >= 15 is 0 Å². The van der Waals surface area contributed by atoms with E-state index in [1.165, 1.54) is 0 Å². The van der Waals surface area contributed by atoms with Crippen LogP contribution in [0.15, 0.2) is 34.9 Å². The number of fused-ring (bicyclic) bond motifs is 3. The Kier molecular flexibility index (Phi) is 6.62. The van der Waals surface area contributed by atoms with Crippen molar-refractivity contribution in [1.29, 1.82) is 0 Å². The Labute approximate surface area is 190 Å². The second-order valence-electron chi connectivity index (χ2n) is 7.71. The fourth-order valence-corrected chi connectivity index (χ4v) is 3.96. The first-order chi connectivity index (χ1) is 15.5.